The van der Waals surface area contributed by atoms with Crippen LogP contribution in [0.25, 0.3) is 0 Å². The summed E-state index contributed by atoms with van der Waals surface area (Å²) in [4.78, 5) is 23.1. The normalized spacial score (nSPS) is 38.0. The summed E-state index contributed by atoms with van der Waals surface area (Å²) in [6.07, 6.45) is 2.39. The van der Waals surface area contributed by atoms with Gasteiger partial charge >= 0.3 is 11.9 Å². The highest BCUT2D eigenvalue weighted by Crippen LogP contribution is 2.54. The fourth-order valence-corrected chi connectivity index (χ4v) is 3.82. The first-order valence-corrected chi connectivity index (χ1v) is 7.28. The fraction of sp³-hybridized carbons (Fsp3) is 0.600. The van der Waals surface area contributed by atoms with Gasteiger partial charge in [-0.15, -0.1) is 11.6 Å². The summed E-state index contributed by atoms with van der Waals surface area (Å²) in [5, 5.41) is 0. The second kappa shape index (κ2) is 4.81. The third-order valence-electron chi connectivity index (χ3n) is 4.22. The minimum absolute atomic E-state index is 0.0681. The number of carbonyl (C=O) groups is 2. The molecule has 0 aromatic heterocycles. The Morgan fingerprint density at radius 1 is 1.18 bits per heavy atom. The van der Waals surface area contributed by atoms with Crippen molar-refractivity contribution in [1.82, 2.24) is 0 Å². The van der Waals surface area contributed by atoms with Gasteiger partial charge < -0.3 is 18.9 Å². The predicted molar refractivity (Wildman–Crippen MR) is 76.1 cm³/mol. The SMILES string of the molecule is COC(=O)C1=C(C(=O)OC)C2(Cl)C=CC1[C@H]1OC(C)(C)O[C@H]12. The maximum Gasteiger partial charge on any atom is 0.336 e. The molecule has 22 heavy (non-hydrogen) atoms. The number of esters is 2. The van der Waals surface area contributed by atoms with Crippen molar-refractivity contribution in [1.29, 1.82) is 0 Å². The molecular weight excluding hydrogens is 312 g/mol. The van der Waals surface area contributed by atoms with Crippen molar-refractivity contribution >= 4 is 23.5 Å². The van der Waals surface area contributed by atoms with Gasteiger partial charge in [-0.2, -0.15) is 0 Å². The van der Waals surface area contributed by atoms with E-state index in [1.807, 2.05) is 0 Å². The minimum atomic E-state index is -1.32. The Balaban J connectivity index is 2.18. The van der Waals surface area contributed by atoms with Crippen molar-refractivity contribution in [3.05, 3.63) is 23.3 Å². The number of halogens is 1. The molecule has 1 saturated heterocycles. The molecule has 0 saturated carbocycles. The molecule has 3 aliphatic carbocycles. The largest absolute Gasteiger partial charge is 0.466 e. The van der Waals surface area contributed by atoms with Gasteiger partial charge in [0.05, 0.1) is 25.4 Å². The molecule has 1 aliphatic heterocycles. The standard InChI is InChI=1S/C15H17ClO6/c1-14(2)21-10-7-5-6-15(16,11(10)22-14)9(13(18)20-4)8(7)12(17)19-3/h5-7,10-11H,1-4H3/t7?,10-,11-,15?/m1/s1. The van der Waals surface area contributed by atoms with Crippen LogP contribution in [-0.4, -0.2) is 49.0 Å². The highest BCUT2D eigenvalue weighted by molar-refractivity contribution is 6.32. The lowest BCUT2D eigenvalue weighted by Gasteiger charge is -2.45. The molecule has 7 heteroatoms. The quantitative estimate of drug-likeness (QED) is 0.432. The van der Waals surface area contributed by atoms with Gasteiger partial charge in [0, 0.05) is 5.92 Å². The lowest BCUT2D eigenvalue weighted by Crippen LogP contribution is -2.56. The van der Waals surface area contributed by atoms with E-state index in [-0.39, 0.29) is 11.1 Å². The molecule has 120 valence electrons. The minimum Gasteiger partial charge on any atom is -0.466 e. The first kappa shape index (κ1) is 15.5. The maximum absolute atomic E-state index is 12.2. The Labute approximate surface area is 133 Å². The van der Waals surface area contributed by atoms with Gasteiger partial charge in [0.25, 0.3) is 0 Å². The average Bonchev–Trinajstić information content (AvgIpc) is 2.82. The Morgan fingerprint density at radius 3 is 2.41 bits per heavy atom. The zero-order valence-electron chi connectivity index (χ0n) is 12.7. The Hall–Kier alpha value is -1.37. The summed E-state index contributed by atoms with van der Waals surface area (Å²) in [5.41, 5.74) is 0.243. The molecule has 0 N–H and O–H groups in total. The Bertz CT molecular complexity index is 607. The average molecular weight is 329 g/mol. The predicted octanol–water partition coefficient (Wildman–Crippen LogP) is 1.33. The van der Waals surface area contributed by atoms with Gasteiger partial charge in [-0.3, -0.25) is 0 Å². The van der Waals surface area contributed by atoms with Crippen LogP contribution in [0.3, 0.4) is 0 Å². The molecule has 0 aromatic carbocycles. The highest BCUT2D eigenvalue weighted by Gasteiger charge is 2.64. The van der Waals surface area contributed by atoms with E-state index in [0.29, 0.717) is 0 Å². The van der Waals surface area contributed by atoms with Crippen molar-refractivity contribution in [2.75, 3.05) is 14.2 Å². The maximum atomic E-state index is 12.2. The molecule has 0 aromatic rings. The summed E-state index contributed by atoms with van der Waals surface area (Å²) in [6.45, 7) is 3.53. The molecule has 2 unspecified atom stereocenters. The van der Waals surface area contributed by atoms with E-state index < -0.39 is 40.7 Å². The number of methoxy groups -OCH3 is 2. The lowest BCUT2D eigenvalue weighted by atomic mass is 9.67. The van der Waals surface area contributed by atoms with Gasteiger partial charge in [0.2, 0.25) is 0 Å². The molecular formula is C15H17ClO6. The molecule has 0 radical (unpaired) electrons. The monoisotopic (exact) mass is 328 g/mol. The number of carbonyl (C=O) groups excluding carboxylic acids is 2. The second-order valence-electron chi connectivity index (χ2n) is 5.95. The zero-order chi connectivity index (χ0) is 16.3. The van der Waals surface area contributed by atoms with E-state index in [1.165, 1.54) is 14.2 Å². The first-order chi connectivity index (χ1) is 10.2. The van der Waals surface area contributed by atoms with Crippen LogP contribution in [0.4, 0.5) is 0 Å². The van der Waals surface area contributed by atoms with Crippen molar-refractivity contribution in [3.8, 4) is 0 Å². The molecule has 0 amide bonds. The molecule has 1 fully saturated rings. The lowest BCUT2D eigenvalue weighted by molar-refractivity contribution is -0.149. The van der Waals surface area contributed by atoms with Gasteiger partial charge in [0.1, 0.15) is 17.1 Å². The van der Waals surface area contributed by atoms with Gasteiger partial charge in [0.15, 0.2) is 5.79 Å². The van der Waals surface area contributed by atoms with E-state index in [9.17, 15) is 9.59 Å². The number of rotatable bonds is 2. The molecule has 4 rings (SSSR count). The van der Waals surface area contributed by atoms with E-state index >= 15 is 0 Å². The van der Waals surface area contributed by atoms with E-state index in [2.05, 4.69) is 0 Å². The van der Waals surface area contributed by atoms with Crippen LogP contribution >= 0.6 is 11.6 Å². The van der Waals surface area contributed by atoms with Crippen LogP contribution in [0.1, 0.15) is 13.8 Å². The van der Waals surface area contributed by atoms with Crippen LogP contribution in [0.15, 0.2) is 23.3 Å². The number of ether oxygens (including phenoxy) is 4. The van der Waals surface area contributed by atoms with Crippen molar-refractivity contribution in [3.63, 3.8) is 0 Å². The van der Waals surface area contributed by atoms with Crippen LogP contribution < -0.4 is 0 Å². The van der Waals surface area contributed by atoms with E-state index in [4.69, 9.17) is 30.5 Å². The summed E-state index contributed by atoms with van der Waals surface area (Å²) in [5.74, 6) is -2.61. The van der Waals surface area contributed by atoms with Crippen LogP contribution in [0.5, 0.6) is 0 Å². The summed E-state index contributed by atoms with van der Waals surface area (Å²) in [6, 6.07) is 0. The number of hydrogen-bond acceptors (Lipinski definition) is 6. The third-order valence-corrected chi connectivity index (χ3v) is 4.75. The summed E-state index contributed by atoms with van der Waals surface area (Å²) >= 11 is 6.70. The van der Waals surface area contributed by atoms with Crippen molar-refractivity contribution in [2.45, 2.75) is 36.7 Å². The zero-order valence-corrected chi connectivity index (χ0v) is 13.5. The molecule has 6 nitrogen and oxygen atoms in total. The van der Waals surface area contributed by atoms with E-state index in [0.717, 1.165) is 0 Å². The first-order valence-electron chi connectivity index (χ1n) is 6.90. The smallest absolute Gasteiger partial charge is 0.336 e. The Morgan fingerprint density at radius 2 is 1.82 bits per heavy atom. The van der Waals surface area contributed by atoms with Crippen LogP contribution in [0, 0.1) is 5.92 Å². The van der Waals surface area contributed by atoms with Crippen molar-refractivity contribution in [2.24, 2.45) is 5.92 Å². The third kappa shape index (κ3) is 1.94. The molecule has 4 aliphatic rings. The van der Waals surface area contributed by atoms with Crippen molar-refractivity contribution < 1.29 is 28.5 Å². The number of hydrogen-bond donors (Lipinski definition) is 0. The van der Waals surface area contributed by atoms with E-state index in [1.54, 1.807) is 26.0 Å². The Kier molecular flexibility index (Phi) is 3.39. The molecule has 4 atom stereocenters. The molecule has 2 bridgehead atoms. The van der Waals surface area contributed by atoms with Gasteiger partial charge in [-0.1, -0.05) is 12.2 Å². The van der Waals surface area contributed by atoms with Crippen LogP contribution in [0.2, 0.25) is 0 Å². The molecule has 0 spiro atoms. The highest BCUT2D eigenvalue weighted by atomic mass is 35.5. The van der Waals surface area contributed by atoms with Crippen LogP contribution in [-0.2, 0) is 28.5 Å². The fourth-order valence-electron chi connectivity index (χ4n) is 3.40. The summed E-state index contributed by atoms with van der Waals surface area (Å²) in [7, 11) is 2.49. The number of alkyl halides is 1. The summed E-state index contributed by atoms with van der Waals surface area (Å²) < 4.78 is 21.4. The van der Waals surface area contributed by atoms with Gasteiger partial charge in [-0.25, -0.2) is 9.59 Å². The topological polar surface area (TPSA) is 71.1 Å². The second-order valence-corrected chi connectivity index (χ2v) is 6.57. The van der Waals surface area contributed by atoms with Gasteiger partial charge in [-0.05, 0) is 13.8 Å². The molecule has 1 heterocycles.